The van der Waals surface area contributed by atoms with Gasteiger partial charge in [-0.25, -0.2) is 4.68 Å². The van der Waals surface area contributed by atoms with Crippen LogP contribution in [-0.4, -0.2) is 42.2 Å². The quantitative estimate of drug-likeness (QED) is 0.678. The fourth-order valence-corrected chi connectivity index (χ4v) is 5.21. The molecule has 0 amide bonds. The lowest BCUT2D eigenvalue weighted by Gasteiger charge is -2.43. The van der Waals surface area contributed by atoms with E-state index in [0.717, 1.165) is 25.1 Å². The first-order chi connectivity index (χ1) is 12.8. The molecule has 2 saturated carbocycles. The zero-order valence-electron chi connectivity index (χ0n) is 16.4. The number of hydrogen-bond donors (Lipinski definition) is 0. The Kier molecular flexibility index (Phi) is 7.84. The number of thiocarbonyl (C=S) groups is 1. The molecule has 146 valence electrons. The van der Waals surface area contributed by atoms with Crippen LogP contribution in [0.25, 0.3) is 0 Å². The second-order valence-electron chi connectivity index (χ2n) is 8.16. The van der Waals surface area contributed by atoms with Gasteiger partial charge in [0, 0.05) is 25.6 Å². The predicted molar refractivity (Wildman–Crippen MR) is 109 cm³/mol. The van der Waals surface area contributed by atoms with E-state index in [1.54, 1.807) is 4.68 Å². The minimum absolute atomic E-state index is 0.683. The Balaban J connectivity index is 1.61. The van der Waals surface area contributed by atoms with Crippen molar-refractivity contribution in [2.75, 3.05) is 0 Å². The Labute approximate surface area is 163 Å². The highest BCUT2D eigenvalue weighted by Crippen LogP contribution is 2.30. The molecule has 0 atom stereocenters. The van der Waals surface area contributed by atoms with Gasteiger partial charge in [-0.3, -0.25) is 0 Å². The van der Waals surface area contributed by atoms with Crippen molar-refractivity contribution in [1.29, 1.82) is 0 Å². The molecule has 2 aliphatic rings. The van der Waals surface area contributed by atoms with E-state index in [1.165, 1.54) is 82.0 Å². The Morgan fingerprint density at radius 3 is 2.04 bits per heavy atom. The summed E-state index contributed by atoms with van der Waals surface area (Å²) in [5.41, 5.74) is 0. The summed E-state index contributed by atoms with van der Waals surface area (Å²) >= 11 is 6.01. The normalized spacial score (nSPS) is 20.5. The monoisotopic (exact) mass is 377 g/mol. The summed E-state index contributed by atoms with van der Waals surface area (Å²) in [6.45, 7) is 0. The number of rotatable bonds is 6. The molecule has 2 aliphatic carbocycles. The van der Waals surface area contributed by atoms with Crippen LogP contribution >= 0.6 is 12.2 Å². The van der Waals surface area contributed by atoms with E-state index < -0.39 is 0 Å². The highest BCUT2D eigenvalue weighted by molar-refractivity contribution is 7.80. The van der Waals surface area contributed by atoms with Crippen LogP contribution in [0.2, 0.25) is 0 Å². The van der Waals surface area contributed by atoms with Crippen molar-refractivity contribution >= 4 is 17.2 Å². The fraction of sp³-hybridized carbons (Fsp3) is 0.900. The number of aryl methyl sites for hydroxylation is 2. The molecule has 1 heterocycles. The Hall–Kier alpha value is -1.04. The molecule has 0 aromatic carbocycles. The van der Waals surface area contributed by atoms with Crippen LogP contribution in [0.4, 0.5) is 0 Å². The maximum Gasteiger partial charge on any atom is 0.150 e. The van der Waals surface area contributed by atoms with Gasteiger partial charge in [0.15, 0.2) is 5.82 Å². The molecule has 26 heavy (non-hydrogen) atoms. The second kappa shape index (κ2) is 10.3. The minimum atomic E-state index is 0.683. The number of nitrogens with zero attached hydrogens (tertiary/aromatic N) is 5. The third-order valence-electron chi connectivity index (χ3n) is 6.22. The van der Waals surface area contributed by atoms with E-state index in [2.05, 4.69) is 20.4 Å². The number of hydrogen-bond acceptors (Lipinski definition) is 4. The van der Waals surface area contributed by atoms with Gasteiger partial charge in [-0.15, -0.1) is 5.10 Å². The van der Waals surface area contributed by atoms with Gasteiger partial charge >= 0.3 is 0 Å². The van der Waals surface area contributed by atoms with E-state index in [9.17, 15) is 0 Å². The van der Waals surface area contributed by atoms with Gasteiger partial charge in [-0.1, -0.05) is 63.6 Å². The van der Waals surface area contributed by atoms with E-state index in [4.69, 9.17) is 12.2 Å². The molecule has 6 heteroatoms. The highest BCUT2D eigenvalue weighted by atomic mass is 32.1. The van der Waals surface area contributed by atoms with Crippen molar-refractivity contribution in [3.63, 3.8) is 0 Å². The molecule has 0 aliphatic heterocycles. The largest absolute Gasteiger partial charge is 0.360 e. The minimum Gasteiger partial charge on any atom is -0.360 e. The molecule has 5 nitrogen and oxygen atoms in total. The maximum absolute atomic E-state index is 6.01. The van der Waals surface area contributed by atoms with Gasteiger partial charge in [0.1, 0.15) is 0 Å². The molecular weight excluding hydrogens is 342 g/mol. The molecule has 0 saturated heterocycles. The summed E-state index contributed by atoms with van der Waals surface area (Å²) in [5.74, 6) is 0.961. The maximum atomic E-state index is 6.01. The van der Waals surface area contributed by atoms with E-state index in [0.29, 0.717) is 12.1 Å². The van der Waals surface area contributed by atoms with Gasteiger partial charge in [0.2, 0.25) is 0 Å². The van der Waals surface area contributed by atoms with Crippen LogP contribution in [0.3, 0.4) is 0 Å². The van der Waals surface area contributed by atoms with Crippen LogP contribution < -0.4 is 0 Å². The molecule has 0 spiro atoms. The summed E-state index contributed by atoms with van der Waals surface area (Å²) < 4.78 is 1.77. The lowest BCUT2D eigenvalue weighted by atomic mass is 9.89. The summed E-state index contributed by atoms with van der Waals surface area (Å²) in [6.07, 6.45) is 19.4. The smallest absolute Gasteiger partial charge is 0.150 e. The average molecular weight is 378 g/mol. The molecule has 0 radical (unpaired) electrons. The molecule has 2 fully saturated rings. The fourth-order valence-electron chi connectivity index (χ4n) is 4.76. The third-order valence-corrected chi connectivity index (χ3v) is 6.64. The molecule has 0 bridgehead atoms. The zero-order valence-corrected chi connectivity index (χ0v) is 17.2. The standard InChI is InChI=1S/C20H35N5S/c1-24-19(21-22-23-24)15-10-16-20(26)25(18-13-8-5-9-14-18)17-11-6-3-2-4-7-12-17/h17-18H,2-16H2,1H3. The third kappa shape index (κ3) is 5.48. The molecule has 3 rings (SSSR count). The van der Waals surface area contributed by atoms with Crippen molar-refractivity contribution in [2.24, 2.45) is 7.05 Å². The van der Waals surface area contributed by atoms with E-state index >= 15 is 0 Å². The van der Waals surface area contributed by atoms with Gasteiger partial charge in [-0.05, 0) is 49.0 Å². The van der Waals surface area contributed by atoms with E-state index in [-0.39, 0.29) is 0 Å². The molecule has 0 unspecified atom stereocenters. The number of tetrazole rings is 1. The Morgan fingerprint density at radius 1 is 0.962 bits per heavy atom. The van der Waals surface area contributed by atoms with Crippen molar-refractivity contribution in [3.05, 3.63) is 5.82 Å². The lowest BCUT2D eigenvalue weighted by Crippen LogP contribution is -2.47. The van der Waals surface area contributed by atoms with Crippen molar-refractivity contribution < 1.29 is 0 Å². The van der Waals surface area contributed by atoms with Crippen LogP contribution in [0, 0.1) is 0 Å². The van der Waals surface area contributed by atoms with Crippen molar-refractivity contribution in [1.82, 2.24) is 25.1 Å². The Bertz CT molecular complexity index is 544. The van der Waals surface area contributed by atoms with Crippen molar-refractivity contribution in [2.45, 2.75) is 108 Å². The average Bonchev–Trinajstić information content (AvgIpc) is 3.03. The van der Waals surface area contributed by atoms with Gasteiger partial charge < -0.3 is 4.90 Å². The van der Waals surface area contributed by atoms with Crippen LogP contribution in [0.15, 0.2) is 0 Å². The van der Waals surface area contributed by atoms with Crippen LogP contribution in [0.5, 0.6) is 0 Å². The zero-order chi connectivity index (χ0) is 18.2. The molecule has 0 N–H and O–H groups in total. The highest BCUT2D eigenvalue weighted by Gasteiger charge is 2.29. The first-order valence-corrected chi connectivity index (χ1v) is 11.2. The van der Waals surface area contributed by atoms with Gasteiger partial charge in [-0.2, -0.15) is 0 Å². The molecular formula is C20H35N5S. The molecule has 1 aromatic rings. The summed E-state index contributed by atoms with van der Waals surface area (Å²) in [6, 6.07) is 1.37. The second-order valence-corrected chi connectivity index (χ2v) is 8.64. The summed E-state index contributed by atoms with van der Waals surface area (Å²) in [5, 5.41) is 11.8. The lowest BCUT2D eigenvalue weighted by molar-refractivity contribution is 0.165. The van der Waals surface area contributed by atoms with Gasteiger partial charge in [0.25, 0.3) is 0 Å². The van der Waals surface area contributed by atoms with Crippen molar-refractivity contribution in [3.8, 4) is 0 Å². The first kappa shape index (κ1) is 19.7. The number of aromatic nitrogens is 4. The summed E-state index contributed by atoms with van der Waals surface area (Å²) in [7, 11) is 1.91. The van der Waals surface area contributed by atoms with Gasteiger partial charge in [0.05, 0.1) is 4.99 Å². The predicted octanol–water partition coefficient (Wildman–Crippen LogP) is 4.61. The van der Waals surface area contributed by atoms with Crippen LogP contribution in [-0.2, 0) is 13.5 Å². The SMILES string of the molecule is Cn1nnnc1CCCC(=S)N(C1CCCCCCC1)C1CCCCC1. The topological polar surface area (TPSA) is 46.8 Å². The van der Waals surface area contributed by atoms with Crippen LogP contribution in [0.1, 0.15) is 95.7 Å². The molecule has 1 aromatic heterocycles. The van der Waals surface area contributed by atoms with E-state index in [1.807, 2.05) is 7.05 Å². The first-order valence-electron chi connectivity index (χ1n) is 10.8. The summed E-state index contributed by atoms with van der Waals surface area (Å²) in [4.78, 5) is 3.92. The Morgan fingerprint density at radius 2 is 1.50 bits per heavy atom.